The normalized spacial score (nSPS) is 12.4. The van der Waals surface area contributed by atoms with Crippen molar-refractivity contribution in [1.29, 1.82) is 0 Å². The molecule has 0 spiro atoms. The van der Waals surface area contributed by atoms with Crippen LogP contribution >= 0.6 is 0 Å². The Labute approximate surface area is 118 Å². The summed E-state index contributed by atoms with van der Waals surface area (Å²) in [5.41, 5.74) is 3.39. The molecule has 0 bridgehead atoms. The first-order valence-corrected chi connectivity index (χ1v) is 6.82. The molecular weight excluding hydrogens is 256 g/mol. The lowest BCUT2D eigenvalue weighted by Gasteiger charge is -2.18. The minimum Gasteiger partial charge on any atom is -0.310 e. The minimum absolute atomic E-state index is 0.0817. The molecule has 106 valence electrons. The molecule has 0 aliphatic heterocycles. The Morgan fingerprint density at radius 1 is 1.00 bits per heavy atom. The predicted molar refractivity (Wildman–Crippen MR) is 78.6 cm³/mol. The maximum Gasteiger partial charge on any atom is 0.123 e. The van der Waals surface area contributed by atoms with Gasteiger partial charge < -0.3 is 5.32 Å². The second kappa shape index (κ2) is 6.14. The van der Waals surface area contributed by atoms with Crippen molar-refractivity contribution < 1.29 is 8.78 Å². The Balaban J connectivity index is 2.59. The molecule has 0 fully saturated rings. The summed E-state index contributed by atoms with van der Waals surface area (Å²) in [6, 6.07) is 9.38. The zero-order valence-electron chi connectivity index (χ0n) is 12.0. The van der Waals surface area contributed by atoms with Gasteiger partial charge in [0.05, 0.1) is 0 Å². The highest BCUT2D eigenvalue weighted by Gasteiger charge is 2.14. The van der Waals surface area contributed by atoms with Crippen molar-refractivity contribution in [3.8, 4) is 11.1 Å². The number of halogens is 2. The van der Waals surface area contributed by atoms with Crippen molar-refractivity contribution in [2.24, 2.45) is 0 Å². The van der Waals surface area contributed by atoms with E-state index in [1.165, 1.54) is 24.3 Å². The van der Waals surface area contributed by atoms with Gasteiger partial charge in [0.15, 0.2) is 0 Å². The van der Waals surface area contributed by atoms with E-state index in [1.54, 1.807) is 12.1 Å². The molecule has 0 aromatic heterocycles. The van der Waals surface area contributed by atoms with Gasteiger partial charge in [0.1, 0.15) is 11.6 Å². The largest absolute Gasteiger partial charge is 0.310 e. The van der Waals surface area contributed by atoms with Crippen molar-refractivity contribution in [3.05, 3.63) is 59.2 Å². The molecule has 20 heavy (non-hydrogen) atoms. The van der Waals surface area contributed by atoms with E-state index < -0.39 is 0 Å². The molecule has 0 heterocycles. The molecule has 2 rings (SSSR count). The fraction of sp³-hybridized carbons (Fsp3) is 0.294. The van der Waals surface area contributed by atoms with Crippen molar-refractivity contribution in [2.45, 2.75) is 26.8 Å². The van der Waals surface area contributed by atoms with Crippen molar-refractivity contribution in [2.75, 3.05) is 6.54 Å². The van der Waals surface area contributed by atoms with Crippen LogP contribution in [0.15, 0.2) is 36.4 Å². The summed E-state index contributed by atoms with van der Waals surface area (Å²) in [5, 5.41) is 3.31. The third-order valence-corrected chi connectivity index (χ3v) is 3.48. The van der Waals surface area contributed by atoms with Crippen LogP contribution in [0.2, 0.25) is 0 Å². The van der Waals surface area contributed by atoms with Gasteiger partial charge in [-0.25, -0.2) is 8.78 Å². The Hall–Kier alpha value is -1.74. The third kappa shape index (κ3) is 3.05. The van der Waals surface area contributed by atoms with E-state index in [9.17, 15) is 8.78 Å². The van der Waals surface area contributed by atoms with Gasteiger partial charge >= 0.3 is 0 Å². The molecule has 1 N–H and O–H groups in total. The first-order valence-electron chi connectivity index (χ1n) is 6.82. The first-order chi connectivity index (χ1) is 9.52. The molecular formula is C17H19F2N. The number of aryl methyl sites for hydroxylation is 1. The predicted octanol–water partition coefficient (Wildman–Crippen LogP) is 4.61. The third-order valence-electron chi connectivity index (χ3n) is 3.48. The lowest BCUT2D eigenvalue weighted by atomic mass is 9.92. The van der Waals surface area contributed by atoms with Gasteiger partial charge in [-0.15, -0.1) is 0 Å². The van der Waals surface area contributed by atoms with Crippen molar-refractivity contribution >= 4 is 0 Å². The SMILES string of the molecule is CCNC(C)c1ccc(F)cc1-c1cc(F)ccc1C. The summed E-state index contributed by atoms with van der Waals surface area (Å²) in [5.74, 6) is -0.618. The lowest BCUT2D eigenvalue weighted by molar-refractivity contribution is 0.593. The van der Waals surface area contributed by atoms with Crippen LogP contribution in [0.25, 0.3) is 11.1 Å². The second-order valence-corrected chi connectivity index (χ2v) is 4.97. The Kier molecular flexibility index (Phi) is 4.50. The molecule has 0 radical (unpaired) electrons. The molecule has 1 nitrogen and oxygen atoms in total. The zero-order valence-corrected chi connectivity index (χ0v) is 12.0. The van der Waals surface area contributed by atoms with Crippen LogP contribution in [0.5, 0.6) is 0 Å². The molecule has 1 unspecified atom stereocenters. The summed E-state index contributed by atoms with van der Waals surface area (Å²) in [4.78, 5) is 0. The monoisotopic (exact) mass is 275 g/mol. The first kappa shape index (κ1) is 14.7. The number of hydrogen-bond acceptors (Lipinski definition) is 1. The average Bonchev–Trinajstić information content (AvgIpc) is 2.41. The number of hydrogen-bond donors (Lipinski definition) is 1. The highest BCUT2D eigenvalue weighted by molar-refractivity contribution is 5.71. The zero-order chi connectivity index (χ0) is 14.7. The smallest absolute Gasteiger partial charge is 0.123 e. The maximum absolute atomic E-state index is 13.6. The van der Waals surface area contributed by atoms with Crippen molar-refractivity contribution in [1.82, 2.24) is 5.32 Å². The van der Waals surface area contributed by atoms with Crippen LogP contribution in [0, 0.1) is 18.6 Å². The molecule has 3 heteroatoms. The molecule has 2 aromatic rings. The lowest BCUT2D eigenvalue weighted by Crippen LogP contribution is -2.18. The summed E-state index contributed by atoms with van der Waals surface area (Å²) < 4.78 is 27.1. The summed E-state index contributed by atoms with van der Waals surface area (Å²) in [7, 11) is 0. The summed E-state index contributed by atoms with van der Waals surface area (Å²) in [6.45, 7) is 6.77. The van der Waals surface area contributed by atoms with Crippen LogP contribution in [0.1, 0.15) is 31.0 Å². The topological polar surface area (TPSA) is 12.0 Å². The van der Waals surface area contributed by atoms with Gasteiger partial charge in [0, 0.05) is 6.04 Å². The van der Waals surface area contributed by atoms with E-state index >= 15 is 0 Å². The minimum atomic E-state index is -0.309. The van der Waals surface area contributed by atoms with Crippen LogP contribution < -0.4 is 5.32 Å². The fourth-order valence-corrected chi connectivity index (χ4v) is 2.44. The van der Waals surface area contributed by atoms with Crippen LogP contribution in [-0.4, -0.2) is 6.54 Å². The van der Waals surface area contributed by atoms with Gasteiger partial charge in [0.25, 0.3) is 0 Å². The van der Waals surface area contributed by atoms with Crippen LogP contribution in [0.4, 0.5) is 8.78 Å². The van der Waals surface area contributed by atoms with E-state index in [-0.39, 0.29) is 17.7 Å². The van der Waals surface area contributed by atoms with Crippen molar-refractivity contribution in [3.63, 3.8) is 0 Å². The van der Waals surface area contributed by atoms with Crippen LogP contribution in [0.3, 0.4) is 0 Å². The number of rotatable bonds is 4. The molecule has 0 amide bonds. The van der Waals surface area contributed by atoms with Gasteiger partial charge in [-0.05, 0) is 66.9 Å². The standard InChI is InChI=1S/C17H19F2N/c1-4-20-12(3)15-8-7-14(19)10-17(15)16-9-13(18)6-5-11(16)2/h5-10,12,20H,4H2,1-3H3. The highest BCUT2D eigenvalue weighted by Crippen LogP contribution is 2.31. The van der Waals surface area contributed by atoms with Crippen LogP contribution in [-0.2, 0) is 0 Å². The molecule has 0 aliphatic carbocycles. The van der Waals surface area contributed by atoms with E-state index in [0.717, 1.165) is 28.8 Å². The summed E-state index contributed by atoms with van der Waals surface area (Å²) in [6.07, 6.45) is 0. The average molecular weight is 275 g/mol. The second-order valence-electron chi connectivity index (χ2n) is 4.97. The summed E-state index contributed by atoms with van der Waals surface area (Å²) >= 11 is 0. The molecule has 2 aromatic carbocycles. The van der Waals surface area contributed by atoms with E-state index in [0.29, 0.717) is 0 Å². The van der Waals surface area contributed by atoms with E-state index in [1.807, 2.05) is 20.8 Å². The number of benzene rings is 2. The van der Waals surface area contributed by atoms with Gasteiger partial charge in [-0.3, -0.25) is 0 Å². The van der Waals surface area contributed by atoms with E-state index in [2.05, 4.69) is 5.32 Å². The number of nitrogens with one attached hydrogen (secondary N) is 1. The van der Waals surface area contributed by atoms with Gasteiger partial charge in [-0.1, -0.05) is 19.1 Å². The van der Waals surface area contributed by atoms with E-state index in [4.69, 9.17) is 0 Å². The Morgan fingerprint density at radius 2 is 1.60 bits per heavy atom. The fourth-order valence-electron chi connectivity index (χ4n) is 2.44. The highest BCUT2D eigenvalue weighted by atomic mass is 19.1. The molecule has 0 aliphatic rings. The van der Waals surface area contributed by atoms with Gasteiger partial charge in [-0.2, -0.15) is 0 Å². The Bertz CT molecular complexity index is 608. The molecule has 0 saturated heterocycles. The maximum atomic E-state index is 13.6. The van der Waals surface area contributed by atoms with Gasteiger partial charge in [0.2, 0.25) is 0 Å². The quantitative estimate of drug-likeness (QED) is 0.859. The Morgan fingerprint density at radius 3 is 2.25 bits per heavy atom. The molecule has 0 saturated carbocycles. The molecule has 1 atom stereocenters.